The summed E-state index contributed by atoms with van der Waals surface area (Å²) in [6, 6.07) is 0. The highest BCUT2D eigenvalue weighted by Crippen LogP contribution is 2.29. The third-order valence-corrected chi connectivity index (χ3v) is 2.44. The molecular formula is C9H21NO2. The van der Waals surface area contributed by atoms with Crippen molar-refractivity contribution in [2.45, 2.75) is 39.9 Å². The molecule has 0 bridgehead atoms. The molecule has 0 aliphatic rings. The third kappa shape index (κ3) is 3.09. The van der Waals surface area contributed by atoms with Crippen molar-refractivity contribution in [3.8, 4) is 0 Å². The summed E-state index contributed by atoms with van der Waals surface area (Å²) in [6.45, 7) is 7.05. The average Bonchev–Trinajstić information content (AvgIpc) is 2.05. The summed E-state index contributed by atoms with van der Waals surface area (Å²) in [6.07, 6.45) is 0.992. The van der Waals surface area contributed by atoms with Gasteiger partial charge in [0, 0.05) is 12.0 Å². The first-order valence-electron chi connectivity index (χ1n) is 4.60. The topological polar surface area (TPSA) is 55.5 Å². The zero-order chi connectivity index (χ0) is 9.61. The Kier molecular flexibility index (Phi) is 5.46. The highest BCUT2D eigenvalue weighted by atomic mass is 16.6. The summed E-state index contributed by atoms with van der Waals surface area (Å²) in [5.74, 6) is 0. The average molecular weight is 175 g/mol. The van der Waals surface area contributed by atoms with Crippen LogP contribution in [0.1, 0.15) is 33.6 Å². The fourth-order valence-corrected chi connectivity index (χ4v) is 1.16. The van der Waals surface area contributed by atoms with E-state index in [0.717, 1.165) is 12.8 Å². The van der Waals surface area contributed by atoms with Crippen molar-refractivity contribution in [2.75, 3.05) is 13.2 Å². The van der Waals surface area contributed by atoms with Gasteiger partial charge in [-0.25, -0.2) is 0 Å². The molecule has 0 aromatic heterocycles. The van der Waals surface area contributed by atoms with Crippen molar-refractivity contribution < 1.29 is 9.84 Å². The molecule has 12 heavy (non-hydrogen) atoms. The van der Waals surface area contributed by atoms with Gasteiger partial charge in [-0.3, -0.25) is 0 Å². The normalized spacial score (nSPS) is 18.8. The lowest BCUT2D eigenvalue weighted by Gasteiger charge is -2.32. The second-order valence-corrected chi connectivity index (χ2v) is 3.35. The smallest absolute Gasteiger partial charge is 0.159 e. The van der Waals surface area contributed by atoms with Gasteiger partial charge in [-0.2, -0.15) is 0 Å². The number of aliphatic hydroxyl groups excluding tert-OH is 1. The Balaban J connectivity index is 4.08. The van der Waals surface area contributed by atoms with Gasteiger partial charge in [0.15, 0.2) is 6.29 Å². The van der Waals surface area contributed by atoms with Crippen molar-refractivity contribution in [3.05, 3.63) is 0 Å². The monoisotopic (exact) mass is 175 g/mol. The highest BCUT2D eigenvalue weighted by Gasteiger charge is 2.30. The van der Waals surface area contributed by atoms with Crippen molar-refractivity contribution in [1.82, 2.24) is 0 Å². The molecule has 0 saturated carbocycles. The largest absolute Gasteiger partial charge is 0.367 e. The fraction of sp³-hybridized carbons (Fsp3) is 1.00. The quantitative estimate of drug-likeness (QED) is 0.594. The Bertz CT molecular complexity index is 119. The Labute approximate surface area is 74.9 Å². The molecule has 0 aliphatic heterocycles. The van der Waals surface area contributed by atoms with E-state index in [0.29, 0.717) is 13.2 Å². The predicted molar refractivity (Wildman–Crippen MR) is 49.7 cm³/mol. The van der Waals surface area contributed by atoms with Crippen LogP contribution in [0.2, 0.25) is 0 Å². The first kappa shape index (κ1) is 11.9. The van der Waals surface area contributed by atoms with Gasteiger partial charge in [0.2, 0.25) is 0 Å². The fourth-order valence-electron chi connectivity index (χ4n) is 1.16. The first-order chi connectivity index (χ1) is 5.60. The van der Waals surface area contributed by atoms with E-state index in [-0.39, 0.29) is 5.41 Å². The number of hydrogen-bond donors (Lipinski definition) is 2. The van der Waals surface area contributed by atoms with Crippen LogP contribution in [0.15, 0.2) is 0 Å². The molecule has 2 unspecified atom stereocenters. The van der Waals surface area contributed by atoms with Crippen molar-refractivity contribution in [2.24, 2.45) is 11.1 Å². The van der Waals surface area contributed by atoms with E-state index >= 15 is 0 Å². The number of hydrogen-bond acceptors (Lipinski definition) is 3. The molecular weight excluding hydrogens is 154 g/mol. The van der Waals surface area contributed by atoms with Crippen LogP contribution in [-0.4, -0.2) is 24.5 Å². The lowest BCUT2D eigenvalue weighted by atomic mass is 9.83. The standard InChI is InChI=1S/C9H21NO2/c1-4-9(3,6-7-10)8(11)12-5-2/h8,11H,4-7,10H2,1-3H3. The maximum absolute atomic E-state index is 9.62. The zero-order valence-electron chi connectivity index (χ0n) is 8.34. The summed E-state index contributed by atoms with van der Waals surface area (Å²) >= 11 is 0. The maximum Gasteiger partial charge on any atom is 0.159 e. The number of aliphatic hydroxyl groups is 1. The van der Waals surface area contributed by atoms with Crippen LogP contribution in [0.25, 0.3) is 0 Å². The molecule has 0 aromatic carbocycles. The van der Waals surface area contributed by atoms with Crippen LogP contribution in [0.3, 0.4) is 0 Å². The molecule has 0 amide bonds. The SMILES string of the molecule is CCOC(O)C(C)(CC)CCN. The summed E-state index contributed by atoms with van der Waals surface area (Å²) in [4.78, 5) is 0. The minimum atomic E-state index is -0.684. The van der Waals surface area contributed by atoms with E-state index in [4.69, 9.17) is 10.5 Å². The van der Waals surface area contributed by atoms with Crippen LogP contribution in [0.4, 0.5) is 0 Å². The first-order valence-corrected chi connectivity index (χ1v) is 4.60. The molecule has 0 heterocycles. The van der Waals surface area contributed by atoms with Crippen molar-refractivity contribution in [1.29, 1.82) is 0 Å². The van der Waals surface area contributed by atoms with Crippen LogP contribution >= 0.6 is 0 Å². The van der Waals surface area contributed by atoms with Crippen LogP contribution in [0.5, 0.6) is 0 Å². The Morgan fingerprint density at radius 2 is 2.08 bits per heavy atom. The molecule has 0 fully saturated rings. The lowest BCUT2D eigenvalue weighted by molar-refractivity contribution is -0.170. The lowest BCUT2D eigenvalue weighted by Crippen LogP contribution is -2.36. The summed E-state index contributed by atoms with van der Waals surface area (Å²) < 4.78 is 5.15. The molecule has 0 aliphatic carbocycles. The maximum atomic E-state index is 9.62. The van der Waals surface area contributed by atoms with Gasteiger partial charge in [0.05, 0.1) is 0 Å². The molecule has 2 atom stereocenters. The van der Waals surface area contributed by atoms with E-state index in [1.807, 2.05) is 20.8 Å². The van der Waals surface area contributed by atoms with Crippen LogP contribution in [0, 0.1) is 5.41 Å². The Morgan fingerprint density at radius 1 is 1.50 bits per heavy atom. The third-order valence-electron chi connectivity index (χ3n) is 2.44. The van der Waals surface area contributed by atoms with E-state index in [1.54, 1.807) is 0 Å². The molecule has 0 spiro atoms. The minimum Gasteiger partial charge on any atom is -0.367 e. The van der Waals surface area contributed by atoms with Gasteiger partial charge in [-0.1, -0.05) is 13.8 Å². The second-order valence-electron chi connectivity index (χ2n) is 3.35. The van der Waals surface area contributed by atoms with E-state index in [1.165, 1.54) is 0 Å². The van der Waals surface area contributed by atoms with Crippen LogP contribution in [-0.2, 0) is 4.74 Å². The van der Waals surface area contributed by atoms with Crippen LogP contribution < -0.4 is 5.73 Å². The number of rotatable bonds is 6. The number of ether oxygens (including phenoxy) is 1. The Morgan fingerprint density at radius 3 is 2.42 bits per heavy atom. The number of nitrogens with two attached hydrogens (primary N) is 1. The molecule has 3 N–H and O–H groups in total. The zero-order valence-corrected chi connectivity index (χ0v) is 8.34. The van der Waals surface area contributed by atoms with E-state index < -0.39 is 6.29 Å². The summed E-state index contributed by atoms with van der Waals surface area (Å²) in [7, 11) is 0. The molecule has 0 radical (unpaired) electrons. The summed E-state index contributed by atoms with van der Waals surface area (Å²) in [5.41, 5.74) is 5.27. The van der Waals surface area contributed by atoms with Gasteiger partial charge < -0.3 is 15.6 Å². The molecule has 3 nitrogen and oxygen atoms in total. The van der Waals surface area contributed by atoms with Crippen molar-refractivity contribution >= 4 is 0 Å². The molecule has 0 saturated heterocycles. The van der Waals surface area contributed by atoms with Gasteiger partial charge >= 0.3 is 0 Å². The van der Waals surface area contributed by atoms with Crippen molar-refractivity contribution in [3.63, 3.8) is 0 Å². The van der Waals surface area contributed by atoms with Gasteiger partial charge in [0.1, 0.15) is 0 Å². The molecule has 0 aromatic rings. The minimum absolute atomic E-state index is 0.190. The highest BCUT2D eigenvalue weighted by molar-refractivity contribution is 4.75. The van der Waals surface area contributed by atoms with Gasteiger partial charge in [0.25, 0.3) is 0 Å². The molecule has 74 valence electrons. The summed E-state index contributed by atoms with van der Waals surface area (Å²) in [5, 5.41) is 9.62. The predicted octanol–water partition coefficient (Wildman–Crippen LogP) is 1.11. The van der Waals surface area contributed by atoms with E-state index in [2.05, 4.69) is 0 Å². The molecule has 3 heteroatoms. The van der Waals surface area contributed by atoms with Gasteiger partial charge in [-0.05, 0) is 26.3 Å². The van der Waals surface area contributed by atoms with Gasteiger partial charge in [-0.15, -0.1) is 0 Å². The van der Waals surface area contributed by atoms with E-state index in [9.17, 15) is 5.11 Å². The molecule has 0 rings (SSSR count). The Hall–Kier alpha value is -0.120. The second kappa shape index (κ2) is 5.51.